The lowest BCUT2D eigenvalue weighted by atomic mass is 10.0. The van der Waals surface area contributed by atoms with Gasteiger partial charge in [-0.1, -0.05) is 19.9 Å². The molecule has 1 rings (SSSR count). The Morgan fingerprint density at radius 1 is 1.33 bits per heavy atom. The molecule has 0 aliphatic heterocycles. The molecule has 100 valence electrons. The van der Waals surface area contributed by atoms with Gasteiger partial charge in [-0.2, -0.15) is 0 Å². The second kappa shape index (κ2) is 5.82. The predicted molar refractivity (Wildman–Crippen MR) is 65.9 cm³/mol. The number of carbonyl (C=O) groups is 1. The SMILES string of the molecule is CC(NC(C(=O)O)C(C)C)c1ccc(F)cc1O. The highest BCUT2D eigenvalue weighted by molar-refractivity contribution is 5.73. The summed E-state index contributed by atoms with van der Waals surface area (Å²) in [6.07, 6.45) is 0. The van der Waals surface area contributed by atoms with Crippen LogP contribution in [0.3, 0.4) is 0 Å². The zero-order valence-corrected chi connectivity index (χ0v) is 10.6. The van der Waals surface area contributed by atoms with Crippen LogP contribution in [0.25, 0.3) is 0 Å². The Morgan fingerprint density at radius 3 is 2.39 bits per heavy atom. The number of carboxylic acid groups (broad SMARTS) is 1. The highest BCUT2D eigenvalue weighted by atomic mass is 19.1. The number of carboxylic acids is 1. The van der Waals surface area contributed by atoms with Crippen molar-refractivity contribution in [3.63, 3.8) is 0 Å². The number of aliphatic carboxylic acids is 1. The number of hydrogen-bond acceptors (Lipinski definition) is 3. The molecule has 2 atom stereocenters. The normalized spacial score (nSPS) is 14.5. The second-order valence-corrected chi connectivity index (χ2v) is 4.65. The van der Waals surface area contributed by atoms with Crippen molar-refractivity contribution in [2.45, 2.75) is 32.9 Å². The van der Waals surface area contributed by atoms with Gasteiger partial charge in [-0.05, 0) is 18.9 Å². The summed E-state index contributed by atoms with van der Waals surface area (Å²) in [6, 6.07) is 2.59. The van der Waals surface area contributed by atoms with Crippen LogP contribution in [0.4, 0.5) is 4.39 Å². The van der Waals surface area contributed by atoms with Gasteiger partial charge in [-0.25, -0.2) is 4.39 Å². The van der Waals surface area contributed by atoms with Crippen LogP contribution in [-0.4, -0.2) is 22.2 Å². The molecule has 0 aliphatic carbocycles. The van der Waals surface area contributed by atoms with Gasteiger partial charge in [0.2, 0.25) is 0 Å². The summed E-state index contributed by atoms with van der Waals surface area (Å²) >= 11 is 0. The highest BCUT2D eigenvalue weighted by Crippen LogP contribution is 2.25. The van der Waals surface area contributed by atoms with Crippen molar-refractivity contribution in [1.82, 2.24) is 5.32 Å². The van der Waals surface area contributed by atoms with E-state index in [0.29, 0.717) is 5.56 Å². The van der Waals surface area contributed by atoms with E-state index in [1.165, 1.54) is 12.1 Å². The third-order valence-corrected chi connectivity index (χ3v) is 2.82. The predicted octanol–water partition coefficient (Wildman–Crippen LogP) is 2.29. The van der Waals surface area contributed by atoms with Gasteiger partial charge in [-0.15, -0.1) is 0 Å². The average Bonchev–Trinajstić information content (AvgIpc) is 2.24. The van der Waals surface area contributed by atoms with E-state index in [-0.39, 0.29) is 17.7 Å². The smallest absolute Gasteiger partial charge is 0.320 e. The number of hydrogen-bond donors (Lipinski definition) is 3. The van der Waals surface area contributed by atoms with Crippen molar-refractivity contribution in [3.05, 3.63) is 29.6 Å². The van der Waals surface area contributed by atoms with E-state index in [4.69, 9.17) is 5.11 Å². The summed E-state index contributed by atoms with van der Waals surface area (Å²) < 4.78 is 12.9. The molecule has 4 nitrogen and oxygen atoms in total. The fourth-order valence-corrected chi connectivity index (χ4v) is 1.79. The van der Waals surface area contributed by atoms with Gasteiger partial charge in [0.05, 0.1) is 0 Å². The minimum absolute atomic E-state index is 0.0902. The third kappa shape index (κ3) is 3.43. The molecule has 0 radical (unpaired) electrons. The molecule has 18 heavy (non-hydrogen) atoms. The van der Waals surface area contributed by atoms with Gasteiger partial charge in [0.15, 0.2) is 0 Å². The van der Waals surface area contributed by atoms with Crippen LogP contribution in [0.2, 0.25) is 0 Å². The second-order valence-electron chi connectivity index (χ2n) is 4.65. The fourth-order valence-electron chi connectivity index (χ4n) is 1.79. The first-order valence-corrected chi connectivity index (χ1v) is 5.80. The van der Waals surface area contributed by atoms with E-state index in [9.17, 15) is 14.3 Å². The maximum Gasteiger partial charge on any atom is 0.320 e. The van der Waals surface area contributed by atoms with Crippen LogP contribution in [-0.2, 0) is 4.79 Å². The zero-order chi connectivity index (χ0) is 13.9. The molecule has 5 heteroatoms. The van der Waals surface area contributed by atoms with E-state index in [0.717, 1.165) is 6.07 Å². The summed E-state index contributed by atoms with van der Waals surface area (Å²) in [7, 11) is 0. The van der Waals surface area contributed by atoms with Crippen LogP contribution in [0.1, 0.15) is 32.4 Å². The first-order chi connectivity index (χ1) is 8.32. The topological polar surface area (TPSA) is 69.6 Å². The van der Waals surface area contributed by atoms with E-state index < -0.39 is 17.8 Å². The third-order valence-electron chi connectivity index (χ3n) is 2.82. The van der Waals surface area contributed by atoms with Crippen molar-refractivity contribution in [1.29, 1.82) is 0 Å². The number of phenols is 1. The van der Waals surface area contributed by atoms with Crippen molar-refractivity contribution >= 4 is 5.97 Å². The molecule has 0 saturated carbocycles. The van der Waals surface area contributed by atoms with Gasteiger partial charge in [0.25, 0.3) is 0 Å². The van der Waals surface area contributed by atoms with E-state index in [1.54, 1.807) is 20.8 Å². The van der Waals surface area contributed by atoms with Crippen molar-refractivity contribution in [3.8, 4) is 5.75 Å². The maximum atomic E-state index is 12.9. The molecule has 0 heterocycles. The standard InChI is InChI=1S/C13H18FNO3/c1-7(2)12(13(17)18)15-8(3)10-5-4-9(14)6-11(10)16/h4-8,12,15-16H,1-3H3,(H,17,18). The monoisotopic (exact) mass is 255 g/mol. The molecule has 0 aliphatic rings. The van der Waals surface area contributed by atoms with Gasteiger partial charge in [-0.3, -0.25) is 10.1 Å². The first kappa shape index (κ1) is 14.4. The van der Waals surface area contributed by atoms with Gasteiger partial charge in [0.1, 0.15) is 17.6 Å². The maximum absolute atomic E-state index is 12.9. The summed E-state index contributed by atoms with van der Waals surface area (Å²) in [5.74, 6) is -1.74. The number of benzene rings is 1. The average molecular weight is 255 g/mol. The lowest BCUT2D eigenvalue weighted by Crippen LogP contribution is -2.42. The molecule has 0 bridgehead atoms. The summed E-state index contributed by atoms with van der Waals surface area (Å²) in [5, 5.41) is 21.6. The zero-order valence-electron chi connectivity index (χ0n) is 10.6. The molecule has 0 spiro atoms. The molecule has 0 amide bonds. The Bertz CT molecular complexity index is 434. The Hall–Kier alpha value is -1.62. The lowest BCUT2D eigenvalue weighted by molar-refractivity contribution is -0.140. The Morgan fingerprint density at radius 2 is 1.94 bits per heavy atom. The highest BCUT2D eigenvalue weighted by Gasteiger charge is 2.24. The molecule has 1 aromatic rings. The first-order valence-electron chi connectivity index (χ1n) is 5.80. The van der Waals surface area contributed by atoms with Crippen LogP contribution in [0.5, 0.6) is 5.75 Å². The molecular formula is C13H18FNO3. The minimum atomic E-state index is -0.946. The van der Waals surface area contributed by atoms with Crippen LogP contribution in [0.15, 0.2) is 18.2 Å². The molecule has 3 N–H and O–H groups in total. The Balaban J connectivity index is 2.87. The molecule has 0 fully saturated rings. The van der Waals surface area contributed by atoms with Crippen molar-refractivity contribution in [2.75, 3.05) is 0 Å². The molecule has 1 aromatic carbocycles. The number of nitrogens with one attached hydrogen (secondary N) is 1. The van der Waals surface area contributed by atoms with E-state index in [2.05, 4.69) is 5.32 Å². The van der Waals surface area contributed by atoms with Crippen LogP contribution < -0.4 is 5.32 Å². The number of phenolic OH excluding ortho intramolecular Hbond substituents is 1. The van der Waals surface area contributed by atoms with E-state index in [1.807, 2.05) is 0 Å². The Kier molecular flexibility index (Phi) is 4.67. The molecule has 2 unspecified atom stereocenters. The minimum Gasteiger partial charge on any atom is -0.508 e. The van der Waals surface area contributed by atoms with Crippen LogP contribution in [0, 0.1) is 11.7 Å². The number of rotatable bonds is 5. The largest absolute Gasteiger partial charge is 0.508 e. The van der Waals surface area contributed by atoms with Crippen molar-refractivity contribution < 1.29 is 19.4 Å². The molecular weight excluding hydrogens is 237 g/mol. The molecule has 0 saturated heterocycles. The molecule has 0 aromatic heterocycles. The number of halogens is 1. The van der Waals surface area contributed by atoms with Crippen molar-refractivity contribution in [2.24, 2.45) is 5.92 Å². The van der Waals surface area contributed by atoms with Gasteiger partial charge in [0, 0.05) is 17.7 Å². The number of aromatic hydroxyl groups is 1. The van der Waals surface area contributed by atoms with Gasteiger partial charge >= 0.3 is 5.97 Å². The summed E-state index contributed by atoms with van der Waals surface area (Å²) in [4.78, 5) is 11.1. The van der Waals surface area contributed by atoms with Gasteiger partial charge < -0.3 is 10.2 Å². The van der Waals surface area contributed by atoms with Crippen LogP contribution >= 0.6 is 0 Å². The Labute approximate surface area is 105 Å². The lowest BCUT2D eigenvalue weighted by Gasteiger charge is -2.23. The summed E-state index contributed by atoms with van der Waals surface area (Å²) in [6.45, 7) is 5.32. The fraction of sp³-hybridized carbons (Fsp3) is 0.462. The summed E-state index contributed by atoms with van der Waals surface area (Å²) in [5.41, 5.74) is 0.475. The quantitative estimate of drug-likeness (QED) is 0.755. The van der Waals surface area contributed by atoms with E-state index >= 15 is 0 Å².